The third-order valence-electron chi connectivity index (χ3n) is 5.20. The Labute approximate surface area is 172 Å². The summed E-state index contributed by atoms with van der Waals surface area (Å²) in [5.41, 5.74) is 1.07. The Morgan fingerprint density at radius 1 is 1.17 bits per heavy atom. The number of likely N-dealkylation sites (tertiary alicyclic amines) is 1. The van der Waals surface area contributed by atoms with Crippen molar-refractivity contribution in [2.45, 2.75) is 31.8 Å². The SMILES string of the molecule is O=C(Cn1nnc(-c2cccs2)n1)N1CCC[C@@H]1c1ccc2c(c1)OCCCO2. The van der Waals surface area contributed by atoms with Gasteiger partial charge in [-0.3, -0.25) is 4.79 Å². The second-order valence-corrected chi connectivity index (χ2v) is 8.07. The lowest BCUT2D eigenvalue weighted by atomic mass is 10.0. The maximum absolute atomic E-state index is 13.0. The molecular weight excluding hydrogens is 390 g/mol. The minimum absolute atomic E-state index is 0.00487. The van der Waals surface area contributed by atoms with E-state index < -0.39 is 0 Å². The van der Waals surface area contributed by atoms with Crippen LogP contribution in [0.1, 0.15) is 30.9 Å². The number of fused-ring (bicyclic) bond motifs is 1. The third kappa shape index (κ3) is 3.69. The molecule has 150 valence electrons. The van der Waals surface area contributed by atoms with Gasteiger partial charge in [0.05, 0.1) is 24.1 Å². The van der Waals surface area contributed by atoms with Gasteiger partial charge in [-0.25, -0.2) is 0 Å². The smallest absolute Gasteiger partial charge is 0.246 e. The molecule has 2 aromatic heterocycles. The fourth-order valence-corrected chi connectivity index (χ4v) is 4.47. The monoisotopic (exact) mass is 411 g/mol. The maximum Gasteiger partial charge on any atom is 0.246 e. The van der Waals surface area contributed by atoms with Crippen molar-refractivity contribution in [2.75, 3.05) is 19.8 Å². The number of nitrogens with zero attached hydrogens (tertiary/aromatic N) is 5. The molecule has 0 N–H and O–H groups in total. The predicted octanol–water partition coefficient (Wildman–Crippen LogP) is 2.93. The van der Waals surface area contributed by atoms with E-state index in [0.717, 1.165) is 47.7 Å². The van der Waals surface area contributed by atoms with Crippen LogP contribution in [0.5, 0.6) is 11.5 Å². The van der Waals surface area contributed by atoms with Crippen molar-refractivity contribution in [1.29, 1.82) is 0 Å². The first-order chi connectivity index (χ1) is 14.3. The molecule has 0 saturated carbocycles. The third-order valence-corrected chi connectivity index (χ3v) is 6.07. The first-order valence-electron chi connectivity index (χ1n) is 9.78. The highest BCUT2D eigenvalue weighted by molar-refractivity contribution is 7.13. The average Bonchev–Trinajstić information content (AvgIpc) is 3.47. The van der Waals surface area contributed by atoms with Crippen LogP contribution < -0.4 is 9.47 Å². The van der Waals surface area contributed by atoms with Crippen LogP contribution in [0.2, 0.25) is 0 Å². The van der Waals surface area contributed by atoms with Gasteiger partial charge < -0.3 is 14.4 Å². The van der Waals surface area contributed by atoms with Gasteiger partial charge in [-0.1, -0.05) is 12.1 Å². The van der Waals surface area contributed by atoms with Crippen LogP contribution in [0.3, 0.4) is 0 Å². The van der Waals surface area contributed by atoms with E-state index in [1.165, 1.54) is 4.80 Å². The minimum atomic E-state index is -0.00487. The number of aromatic nitrogens is 4. The molecule has 29 heavy (non-hydrogen) atoms. The Morgan fingerprint density at radius 3 is 2.93 bits per heavy atom. The second-order valence-electron chi connectivity index (χ2n) is 7.12. The van der Waals surface area contributed by atoms with Gasteiger partial charge in [0.1, 0.15) is 6.54 Å². The van der Waals surface area contributed by atoms with E-state index in [1.54, 1.807) is 11.3 Å². The standard InChI is InChI=1S/C20H21N5O3S/c26-19(13-25-22-20(21-23-25)18-5-2-11-29-18)24-8-1-4-15(24)14-6-7-16-17(12-14)28-10-3-9-27-16/h2,5-7,11-12,15H,1,3-4,8-10,13H2/t15-/m1/s1. The summed E-state index contributed by atoms with van der Waals surface area (Å²) in [7, 11) is 0. The predicted molar refractivity (Wildman–Crippen MR) is 107 cm³/mol. The molecule has 9 heteroatoms. The van der Waals surface area contributed by atoms with Gasteiger partial charge in [0, 0.05) is 13.0 Å². The Balaban J connectivity index is 1.32. The highest BCUT2D eigenvalue weighted by atomic mass is 32.1. The van der Waals surface area contributed by atoms with E-state index in [-0.39, 0.29) is 18.5 Å². The molecule has 4 heterocycles. The molecule has 2 aliphatic heterocycles. The maximum atomic E-state index is 13.0. The summed E-state index contributed by atoms with van der Waals surface area (Å²) in [5.74, 6) is 2.08. The van der Waals surface area contributed by atoms with Crippen LogP contribution in [0.4, 0.5) is 0 Å². The average molecular weight is 411 g/mol. The Kier molecular flexibility index (Phi) is 4.89. The number of tetrazole rings is 1. The van der Waals surface area contributed by atoms with Gasteiger partial charge in [0.2, 0.25) is 11.7 Å². The summed E-state index contributed by atoms with van der Waals surface area (Å²) in [6, 6.07) is 9.90. The Hall–Kier alpha value is -2.94. The molecule has 1 aromatic carbocycles. The normalized spacial score (nSPS) is 18.6. The zero-order valence-corrected chi connectivity index (χ0v) is 16.7. The number of thiophene rings is 1. The summed E-state index contributed by atoms with van der Waals surface area (Å²) in [6.45, 7) is 2.12. The lowest BCUT2D eigenvalue weighted by molar-refractivity contribution is -0.133. The second kappa shape index (κ2) is 7.82. The molecule has 2 aliphatic rings. The number of carbonyl (C=O) groups excluding carboxylic acids is 1. The van der Waals surface area contributed by atoms with Crippen LogP contribution in [-0.4, -0.2) is 50.8 Å². The van der Waals surface area contributed by atoms with Crippen LogP contribution >= 0.6 is 11.3 Å². The number of rotatable bonds is 4. The van der Waals surface area contributed by atoms with Gasteiger partial charge in [-0.05, 0) is 47.2 Å². The van der Waals surface area contributed by atoms with E-state index in [0.29, 0.717) is 19.0 Å². The lowest BCUT2D eigenvalue weighted by Crippen LogP contribution is -2.34. The van der Waals surface area contributed by atoms with Gasteiger partial charge in [0.15, 0.2) is 11.5 Å². The van der Waals surface area contributed by atoms with Gasteiger partial charge >= 0.3 is 0 Å². The molecule has 0 unspecified atom stereocenters. The summed E-state index contributed by atoms with van der Waals surface area (Å²) in [4.78, 5) is 17.2. The Bertz CT molecular complexity index is 1000. The van der Waals surface area contributed by atoms with Gasteiger partial charge in [-0.2, -0.15) is 4.80 Å². The molecule has 0 radical (unpaired) electrons. The molecular formula is C20H21N5O3S. The highest BCUT2D eigenvalue weighted by Crippen LogP contribution is 2.38. The Morgan fingerprint density at radius 2 is 2.07 bits per heavy atom. The molecule has 1 saturated heterocycles. The van der Waals surface area contributed by atoms with Crippen LogP contribution in [0, 0.1) is 0 Å². The summed E-state index contributed by atoms with van der Waals surface area (Å²) >= 11 is 1.55. The van der Waals surface area contributed by atoms with E-state index >= 15 is 0 Å². The van der Waals surface area contributed by atoms with Crippen molar-refractivity contribution in [3.8, 4) is 22.2 Å². The topological polar surface area (TPSA) is 82.4 Å². The van der Waals surface area contributed by atoms with Crippen molar-refractivity contribution in [3.63, 3.8) is 0 Å². The molecule has 0 aliphatic carbocycles. The first-order valence-corrected chi connectivity index (χ1v) is 10.7. The zero-order chi connectivity index (χ0) is 19.6. The zero-order valence-electron chi connectivity index (χ0n) is 15.9. The number of benzene rings is 1. The van der Waals surface area contributed by atoms with E-state index in [4.69, 9.17) is 9.47 Å². The number of carbonyl (C=O) groups is 1. The fourth-order valence-electron chi connectivity index (χ4n) is 3.83. The molecule has 5 rings (SSSR count). The molecule has 1 amide bonds. The minimum Gasteiger partial charge on any atom is -0.490 e. The molecule has 0 spiro atoms. The quantitative estimate of drug-likeness (QED) is 0.657. The number of amides is 1. The molecule has 1 atom stereocenters. The molecule has 0 bridgehead atoms. The van der Waals surface area contributed by atoms with Crippen LogP contribution in [0.15, 0.2) is 35.7 Å². The van der Waals surface area contributed by atoms with Crippen molar-refractivity contribution in [1.82, 2.24) is 25.1 Å². The number of hydrogen-bond acceptors (Lipinski definition) is 7. The van der Waals surface area contributed by atoms with Crippen molar-refractivity contribution in [3.05, 3.63) is 41.3 Å². The van der Waals surface area contributed by atoms with Crippen molar-refractivity contribution in [2.24, 2.45) is 0 Å². The lowest BCUT2D eigenvalue weighted by Gasteiger charge is -2.25. The summed E-state index contributed by atoms with van der Waals surface area (Å²) < 4.78 is 11.5. The van der Waals surface area contributed by atoms with E-state index in [9.17, 15) is 4.79 Å². The first kappa shape index (κ1) is 18.1. The van der Waals surface area contributed by atoms with Crippen molar-refractivity contribution >= 4 is 17.2 Å². The van der Waals surface area contributed by atoms with Crippen LogP contribution in [0.25, 0.3) is 10.7 Å². The van der Waals surface area contributed by atoms with E-state index in [2.05, 4.69) is 15.4 Å². The fraction of sp³-hybridized carbons (Fsp3) is 0.400. The number of hydrogen-bond donors (Lipinski definition) is 0. The van der Waals surface area contributed by atoms with Crippen molar-refractivity contribution < 1.29 is 14.3 Å². The molecule has 1 fully saturated rings. The molecule has 8 nitrogen and oxygen atoms in total. The van der Waals surface area contributed by atoms with Gasteiger partial charge in [0.25, 0.3) is 0 Å². The summed E-state index contributed by atoms with van der Waals surface area (Å²) in [5, 5.41) is 14.4. The van der Waals surface area contributed by atoms with E-state index in [1.807, 2.05) is 40.6 Å². The van der Waals surface area contributed by atoms with Crippen LogP contribution in [-0.2, 0) is 11.3 Å². The highest BCUT2D eigenvalue weighted by Gasteiger charge is 2.31. The van der Waals surface area contributed by atoms with Gasteiger partial charge in [-0.15, -0.1) is 21.5 Å². The summed E-state index contributed by atoms with van der Waals surface area (Å²) in [6.07, 6.45) is 2.77. The number of ether oxygens (including phenoxy) is 2. The largest absolute Gasteiger partial charge is 0.490 e. The molecule has 3 aromatic rings.